The number of hydrogen-bond acceptors (Lipinski definition) is 3. The van der Waals surface area contributed by atoms with Crippen LogP contribution in [-0.2, 0) is 13.6 Å². The number of amides is 1. The molecule has 0 aliphatic rings. The van der Waals surface area contributed by atoms with E-state index in [0.29, 0.717) is 12.1 Å². The molecular weight excluding hydrogens is 284 g/mol. The topological polar surface area (TPSA) is 77.2 Å². The predicted octanol–water partition coefficient (Wildman–Crippen LogP) is 2.14. The number of carbonyl (C=O) groups excluding carboxylic acids is 1. The van der Waals surface area contributed by atoms with E-state index in [1.165, 1.54) is 0 Å². The SMILES string of the molecule is Cn1cccc1CNC(=O)c1cc(F)c(F)cc1[N+](=O)[O-]. The minimum absolute atomic E-state index is 0.110. The van der Waals surface area contributed by atoms with Crippen LogP contribution < -0.4 is 5.32 Å². The van der Waals surface area contributed by atoms with Gasteiger partial charge in [0.1, 0.15) is 5.56 Å². The van der Waals surface area contributed by atoms with Crippen LogP contribution in [0, 0.1) is 21.7 Å². The van der Waals surface area contributed by atoms with Crippen molar-refractivity contribution in [3.05, 3.63) is 63.5 Å². The summed E-state index contributed by atoms with van der Waals surface area (Å²) in [5.74, 6) is -3.54. The first-order valence-electron chi connectivity index (χ1n) is 5.92. The van der Waals surface area contributed by atoms with E-state index in [-0.39, 0.29) is 6.54 Å². The third-order valence-electron chi connectivity index (χ3n) is 2.96. The Bertz CT molecular complexity index is 713. The normalized spacial score (nSPS) is 10.4. The van der Waals surface area contributed by atoms with Crippen LogP contribution in [0.5, 0.6) is 0 Å². The van der Waals surface area contributed by atoms with Gasteiger partial charge in [-0.15, -0.1) is 0 Å². The van der Waals surface area contributed by atoms with E-state index in [9.17, 15) is 23.7 Å². The Balaban J connectivity index is 2.24. The molecule has 0 saturated heterocycles. The highest BCUT2D eigenvalue weighted by molar-refractivity contribution is 5.98. The molecule has 1 aromatic heterocycles. The van der Waals surface area contributed by atoms with Crippen molar-refractivity contribution in [2.45, 2.75) is 6.54 Å². The van der Waals surface area contributed by atoms with Gasteiger partial charge in [-0.1, -0.05) is 0 Å². The number of nitro groups is 1. The van der Waals surface area contributed by atoms with Crippen molar-refractivity contribution < 1.29 is 18.5 Å². The number of nitrogens with zero attached hydrogens (tertiary/aromatic N) is 2. The Labute approximate surface area is 118 Å². The molecule has 0 spiro atoms. The minimum atomic E-state index is -1.37. The second-order valence-electron chi connectivity index (χ2n) is 4.33. The Morgan fingerprint density at radius 1 is 1.38 bits per heavy atom. The molecule has 1 N–H and O–H groups in total. The lowest BCUT2D eigenvalue weighted by molar-refractivity contribution is -0.385. The van der Waals surface area contributed by atoms with Gasteiger partial charge >= 0.3 is 0 Å². The molecule has 1 aromatic carbocycles. The van der Waals surface area contributed by atoms with Crippen LogP contribution in [0.1, 0.15) is 16.1 Å². The van der Waals surface area contributed by atoms with Crippen molar-refractivity contribution in [1.82, 2.24) is 9.88 Å². The van der Waals surface area contributed by atoms with Gasteiger partial charge < -0.3 is 9.88 Å². The Morgan fingerprint density at radius 2 is 2.05 bits per heavy atom. The van der Waals surface area contributed by atoms with Gasteiger partial charge in [0, 0.05) is 18.9 Å². The molecule has 6 nitrogen and oxygen atoms in total. The Hall–Kier alpha value is -2.77. The number of aromatic nitrogens is 1. The summed E-state index contributed by atoms with van der Waals surface area (Å²) in [4.78, 5) is 21.8. The van der Waals surface area contributed by atoms with Crippen LogP contribution in [-0.4, -0.2) is 15.4 Å². The van der Waals surface area contributed by atoms with Crippen LogP contribution in [0.4, 0.5) is 14.5 Å². The molecular formula is C13H11F2N3O3. The summed E-state index contributed by atoms with van der Waals surface area (Å²) in [7, 11) is 1.77. The Morgan fingerprint density at radius 3 is 2.62 bits per heavy atom. The van der Waals surface area contributed by atoms with E-state index in [2.05, 4.69) is 5.32 Å². The summed E-state index contributed by atoms with van der Waals surface area (Å²) in [6.45, 7) is 0.110. The number of nitrogens with one attached hydrogen (secondary N) is 1. The smallest absolute Gasteiger partial charge is 0.285 e. The summed E-state index contributed by atoms with van der Waals surface area (Å²) < 4.78 is 28.0. The predicted molar refractivity (Wildman–Crippen MR) is 69.6 cm³/mol. The van der Waals surface area contributed by atoms with Gasteiger partial charge in [0.25, 0.3) is 11.6 Å². The number of halogens is 2. The van der Waals surface area contributed by atoms with E-state index in [1.54, 1.807) is 29.9 Å². The molecule has 0 aliphatic carbocycles. The van der Waals surface area contributed by atoms with Crippen molar-refractivity contribution in [2.75, 3.05) is 0 Å². The highest BCUT2D eigenvalue weighted by Crippen LogP contribution is 2.22. The van der Waals surface area contributed by atoms with Crippen molar-refractivity contribution in [2.24, 2.45) is 7.05 Å². The van der Waals surface area contributed by atoms with Gasteiger partial charge in [0.15, 0.2) is 11.6 Å². The first kappa shape index (κ1) is 14.6. The van der Waals surface area contributed by atoms with Crippen LogP contribution in [0.25, 0.3) is 0 Å². The summed E-state index contributed by atoms with van der Waals surface area (Å²) in [5, 5.41) is 13.2. The van der Waals surface area contributed by atoms with Crippen molar-refractivity contribution in [1.29, 1.82) is 0 Å². The van der Waals surface area contributed by atoms with Gasteiger partial charge in [-0.05, 0) is 18.2 Å². The van der Waals surface area contributed by atoms with Gasteiger partial charge in [-0.2, -0.15) is 0 Å². The van der Waals surface area contributed by atoms with Crippen LogP contribution >= 0.6 is 0 Å². The average Bonchev–Trinajstić information content (AvgIpc) is 2.84. The summed E-state index contributed by atoms with van der Waals surface area (Å²) in [6.07, 6.45) is 1.77. The molecule has 1 amide bonds. The molecule has 21 heavy (non-hydrogen) atoms. The van der Waals surface area contributed by atoms with Crippen molar-refractivity contribution >= 4 is 11.6 Å². The number of carbonyl (C=O) groups is 1. The number of nitro benzene ring substituents is 1. The summed E-state index contributed by atoms with van der Waals surface area (Å²) >= 11 is 0. The maximum atomic E-state index is 13.2. The maximum Gasteiger partial charge on any atom is 0.285 e. The number of rotatable bonds is 4. The van der Waals surface area contributed by atoms with E-state index < -0.39 is 33.7 Å². The van der Waals surface area contributed by atoms with E-state index in [4.69, 9.17) is 0 Å². The number of hydrogen-bond donors (Lipinski definition) is 1. The summed E-state index contributed by atoms with van der Waals surface area (Å²) in [6, 6.07) is 4.43. The fourth-order valence-electron chi connectivity index (χ4n) is 1.82. The zero-order chi connectivity index (χ0) is 15.6. The lowest BCUT2D eigenvalue weighted by Gasteiger charge is -2.07. The van der Waals surface area contributed by atoms with Crippen LogP contribution in [0.3, 0.4) is 0 Å². The fraction of sp³-hybridized carbons (Fsp3) is 0.154. The second kappa shape index (κ2) is 5.70. The molecule has 2 aromatic rings. The van der Waals surface area contributed by atoms with Crippen LogP contribution in [0.15, 0.2) is 30.5 Å². The van der Waals surface area contributed by atoms with Gasteiger partial charge in [-0.25, -0.2) is 8.78 Å². The highest BCUT2D eigenvalue weighted by atomic mass is 19.2. The number of benzene rings is 1. The van der Waals surface area contributed by atoms with E-state index in [0.717, 1.165) is 5.69 Å². The zero-order valence-corrected chi connectivity index (χ0v) is 11.0. The Kier molecular flexibility index (Phi) is 3.97. The monoisotopic (exact) mass is 295 g/mol. The lowest BCUT2D eigenvalue weighted by Crippen LogP contribution is -2.25. The molecule has 0 atom stereocenters. The zero-order valence-electron chi connectivity index (χ0n) is 11.0. The first-order chi connectivity index (χ1) is 9.90. The van der Waals surface area contributed by atoms with E-state index in [1.807, 2.05) is 0 Å². The van der Waals surface area contributed by atoms with E-state index >= 15 is 0 Å². The second-order valence-corrected chi connectivity index (χ2v) is 4.33. The molecule has 110 valence electrons. The van der Waals surface area contributed by atoms with Crippen molar-refractivity contribution in [3.8, 4) is 0 Å². The molecule has 2 rings (SSSR count). The van der Waals surface area contributed by atoms with Crippen molar-refractivity contribution in [3.63, 3.8) is 0 Å². The number of aryl methyl sites for hydroxylation is 1. The minimum Gasteiger partial charge on any atom is -0.353 e. The third-order valence-corrected chi connectivity index (χ3v) is 2.96. The molecule has 0 radical (unpaired) electrons. The van der Waals surface area contributed by atoms with Gasteiger partial charge in [0.05, 0.1) is 17.5 Å². The molecule has 1 heterocycles. The van der Waals surface area contributed by atoms with Gasteiger partial charge in [-0.3, -0.25) is 14.9 Å². The molecule has 0 bridgehead atoms. The van der Waals surface area contributed by atoms with Gasteiger partial charge in [0.2, 0.25) is 0 Å². The molecule has 0 fully saturated rings. The summed E-state index contributed by atoms with van der Waals surface area (Å²) in [5.41, 5.74) is -0.542. The average molecular weight is 295 g/mol. The third kappa shape index (κ3) is 3.04. The highest BCUT2D eigenvalue weighted by Gasteiger charge is 2.23. The largest absolute Gasteiger partial charge is 0.353 e. The standard InChI is InChI=1S/C13H11F2N3O3/c1-17-4-2-3-8(17)7-16-13(19)9-5-10(14)11(15)6-12(9)18(20)21/h2-6H,7H2,1H3,(H,16,19). The molecule has 0 saturated carbocycles. The fourth-order valence-corrected chi connectivity index (χ4v) is 1.82. The lowest BCUT2D eigenvalue weighted by atomic mass is 10.1. The quantitative estimate of drug-likeness (QED) is 0.693. The molecule has 0 unspecified atom stereocenters. The molecule has 0 aliphatic heterocycles. The maximum absolute atomic E-state index is 13.2. The van der Waals surface area contributed by atoms with Crippen LogP contribution in [0.2, 0.25) is 0 Å². The molecule has 8 heteroatoms. The first-order valence-corrected chi connectivity index (χ1v) is 5.92.